The molecule has 0 spiro atoms. The smallest absolute Gasteiger partial charge is 0.172 e. The maximum atomic E-state index is 13.7. The quantitative estimate of drug-likeness (QED) is 0.394. The van der Waals surface area contributed by atoms with Crippen LogP contribution in [0, 0.1) is 5.82 Å². The molecule has 21 heavy (non-hydrogen) atoms. The molecule has 110 valence electrons. The van der Waals surface area contributed by atoms with Gasteiger partial charge in [0.2, 0.25) is 0 Å². The van der Waals surface area contributed by atoms with Gasteiger partial charge in [-0.1, -0.05) is 35.0 Å². The first-order valence-electron chi connectivity index (χ1n) is 6.25. The van der Waals surface area contributed by atoms with Crippen molar-refractivity contribution in [2.75, 3.05) is 11.9 Å². The molecule has 0 radical (unpaired) electrons. The van der Waals surface area contributed by atoms with Crippen molar-refractivity contribution in [3.05, 3.63) is 64.4 Å². The van der Waals surface area contributed by atoms with Crippen molar-refractivity contribution in [2.24, 2.45) is 10.9 Å². The third-order valence-corrected chi connectivity index (χ3v) is 3.35. The number of benzene rings is 2. The summed E-state index contributed by atoms with van der Waals surface area (Å²) in [4.78, 5) is 1.81. The van der Waals surface area contributed by atoms with E-state index in [1.165, 1.54) is 6.07 Å². The first kappa shape index (κ1) is 15.1. The molecule has 0 aromatic heterocycles. The lowest BCUT2D eigenvalue weighted by Crippen LogP contribution is -2.23. The van der Waals surface area contributed by atoms with E-state index in [1.807, 2.05) is 4.90 Å². The van der Waals surface area contributed by atoms with Crippen LogP contribution in [0.2, 0.25) is 5.02 Å². The molecule has 0 bridgehead atoms. The van der Waals surface area contributed by atoms with Crippen LogP contribution < -0.4 is 10.6 Å². The van der Waals surface area contributed by atoms with E-state index in [4.69, 9.17) is 22.5 Å². The minimum Gasteiger partial charge on any atom is -0.409 e. The molecule has 0 aliphatic heterocycles. The lowest BCUT2D eigenvalue weighted by molar-refractivity contribution is 0.318. The molecular formula is C15H15ClFN3O. The van der Waals surface area contributed by atoms with Crippen molar-refractivity contribution < 1.29 is 9.60 Å². The van der Waals surface area contributed by atoms with Crippen molar-refractivity contribution in [2.45, 2.75) is 6.54 Å². The number of oxime groups is 1. The summed E-state index contributed by atoms with van der Waals surface area (Å²) in [5.41, 5.74) is 7.40. The zero-order valence-corrected chi connectivity index (χ0v) is 12.2. The molecule has 0 saturated carbocycles. The van der Waals surface area contributed by atoms with Gasteiger partial charge in [-0.3, -0.25) is 0 Å². The summed E-state index contributed by atoms with van der Waals surface area (Å²) in [5, 5.41) is 12.3. The van der Waals surface area contributed by atoms with E-state index in [-0.39, 0.29) is 11.7 Å². The fraction of sp³-hybridized carbons (Fsp3) is 0.133. The van der Waals surface area contributed by atoms with E-state index in [2.05, 4.69) is 5.16 Å². The fourth-order valence-electron chi connectivity index (χ4n) is 2.07. The zero-order valence-electron chi connectivity index (χ0n) is 11.4. The van der Waals surface area contributed by atoms with Gasteiger partial charge in [-0.05, 0) is 24.3 Å². The molecule has 0 heterocycles. The highest BCUT2D eigenvalue weighted by Crippen LogP contribution is 2.25. The SMILES string of the molecule is CN(Cc1ccccc1F)c1ccc(Cl)cc1C(N)=NO. The summed E-state index contributed by atoms with van der Waals surface area (Å²) in [6.07, 6.45) is 0. The van der Waals surface area contributed by atoms with Crippen molar-refractivity contribution in [3.8, 4) is 0 Å². The van der Waals surface area contributed by atoms with Gasteiger partial charge in [-0.25, -0.2) is 4.39 Å². The number of nitrogens with two attached hydrogens (primary N) is 1. The Hall–Kier alpha value is -2.27. The van der Waals surface area contributed by atoms with Crippen LogP contribution in [0.25, 0.3) is 0 Å². The van der Waals surface area contributed by atoms with Gasteiger partial charge >= 0.3 is 0 Å². The number of rotatable bonds is 4. The highest BCUT2D eigenvalue weighted by molar-refractivity contribution is 6.31. The second-order valence-electron chi connectivity index (χ2n) is 4.59. The molecule has 6 heteroatoms. The Morgan fingerprint density at radius 2 is 2.05 bits per heavy atom. The molecule has 2 rings (SSSR count). The Bertz CT molecular complexity index is 676. The average molecular weight is 308 g/mol. The molecular weight excluding hydrogens is 293 g/mol. The fourth-order valence-corrected chi connectivity index (χ4v) is 2.24. The average Bonchev–Trinajstić information content (AvgIpc) is 2.48. The molecule has 2 aromatic rings. The summed E-state index contributed by atoms with van der Waals surface area (Å²) in [5.74, 6) is -0.323. The first-order chi connectivity index (χ1) is 10.0. The molecule has 4 nitrogen and oxygen atoms in total. The molecule has 2 aromatic carbocycles. The van der Waals surface area contributed by atoms with Crippen molar-refractivity contribution >= 4 is 23.1 Å². The summed E-state index contributed by atoms with van der Waals surface area (Å²) in [6.45, 7) is 0.347. The molecule has 0 saturated heterocycles. The largest absolute Gasteiger partial charge is 0.409 e. The van der Waals surface area contributed by atoms with Crippen LogP contribution >= 0.6 is 11.6 Å². The summed E-state index contributed by atoms with van der Waals surface area (Å²) >= 11 is 5.94. The summed E-state index contributed by atoms with van der Waals surface area (Å²) < 4.78 is 13.7. The minimum absolute atomic E-state index is 0.0483. The maximum Gasteiger partial charge on any atom is 0.172 e. The van der Waals surface area contributed by atoms with Crippen molar-refractivity contribution in [1.82, 2.24) is 0 Å². The second kappa shape index (κ2) is 6.45. The van der Waals surface area contributed by atoms with Crippen LogP contribution in [0.4, 0.5) is 10.1 Å². The molecule has 0 aliphatic carbocycles. The van der Waals surface area contributed by atoms with E-state index >= 15 is 0 Å². The van der Waals surface area contributed by atoms with Gasteiger partial charge in [-0.2, -0.15) is 0 Å². The van der Waals surface area contributed by atoms with Crippen molar-refractivity contribution in [1.29, 1.82) is 0 Å². The van der Waals surface area contributed by atoms with E-state index < -0.39 is 0 Å². The van der Waals surface area contributed by atoms with Crippen LogP contribution in [0.15, 0.2) is 47.6 Å². The number of hydrogen-bond donors (Lipinski definition) is 2. The van der Waals surface area contributed by atoms with Crippen LogP contribution in [-0.2, 0) is 6.54 Å². The van der Waals surface area contributed by atoms with Crippen LogP contribution in [-0.4, -0.2) is 18.1 Å². The predicted octanol–water partition coefficient (Wildman–Crippen LogP) is 3.21. The highest BCUT2D eigenvalue weighted by atomic mass is 35.5. The molecule has 0 fully saturated rings. The van der Waals surface area contributed by atoms with Gasteiger partial charge in [0.25, 0.3) is 0 Å². The van der Waals surface area contributed by atoms with Crippen LogP contribution in [0.3, 0.4) is 0 Å². The molecule has 0 aliphatic rings. The zero-order chi connectivity index (χ0) is 15.4. The number of hydrogen-bond acceptors (Lipinski definition) is 3. The van der Waals surface area contributed by atoms with Crippen molar-refractivity contribution in [3.63, 3.8) is 0 Å². The van der Waals surface area contributed by atoms with Gasteiger partial charge in [0, 0.05) is 35.4 Å². The van der Waals surface area contributed by atoms with Gasteiger partial charge in [-0.15, -0.1) is 0 Å². The van der Waals surface area contributed by atoms with E-state index in [1.54, 1.807) is 43.4 Å². The van der Waals surface area contributed by atoms with E-state index in [0.29, 0.717) is 28.4 Å². The number of nitrogens with zero attached hydrogens (tertiary/aromatic N) is 2. The molecule has 3 N–H and O–H groups in total. The summed E-state index contributed by atoms with van der Waals surface area (Å²) in [6, 6.07) is 11.6. The Kier molecular flexibility index (Phi) is 4.65. The Morgan fingerprint density at radius 1 is 1.33 bits per heavy atom. The monoisotopic (exact) mass is 307 g/mol. The van der Waals surface area contributed by atoms with E-state index in [0.717, 1.165) is 0 Å². The van der Waals surface area contributed by atoms with Gasteiger partial charge in [0.1, 0.15) is 5.82 Å². The normalized spacial score (nSPS) is 11.5. The van der Waals surface area contributed by atoms with Gasteiger partial charge in [0.15, 0.2) is 5.84 Å². The summed E-state index contributed by atoms with van der Waals surface area (Å²) in [7, 11) is 1.80. The first-order valence-corrected chi connectivity index (χ1v) is 6.62. The number of halogens is 2. The predicted molar refractivity (Wildman–Crippen MR) is 82.5 cm³/mol. The minimum atomic E-state index is -0.274. The highest BCUT2D eigenvalue weighted by Gasteiger charge is 2.13. The molecule has 0 atom stereocenters. The third-order valence-electron chi connectivity index (χ3n) is 3.12. The molecule has 0 amide bonds. The van der Waals surface area contributed by atoms with Crippen LogP contribution in [0.1, 0.15) is 11.1 Å². The van der Waals surface area contributed by atoms with E-state index in [9.17, 15) is 4.39 Å². The Morgan fingerprint density at radius 3 is 2.71 bits per heavy atom. The maximum absolute atomic E-state index is 13.7. The number of anilines is 1. The Balaban J connectivity index is 2.35. The van der Waals surface area contributed by atoms with Crippen LogP contribution in [0.5, 0.6) is 0 Å². The number of amidine groups is 1. The Labute approximate surface area is 127 Å². The third kappa shape index (κ3) is 3.44. The van der Waals surface area contributed by atoms with Gasteiger partial charge in [0.05, 0.1) is 0 Å². The molecule has 0 unspecified atom stereocenters. The van der Waals surface area contributed by atoms with Gasteiger partial charge < -0.3 is 15.8 Å². The second-order valence-corrected chi connectivity index (χ2v) is 5.03. The lowest BCUT2D eigenvalue weighted by Gasteiger charge is -2.22. The standard InChI is InChI=1S/C15H15ClFN3O/c1-20(9-10-4-2-3-5-13(10)17)14-7-6-11(16)8-12(14)15(18)19-21/h2-8,21H,9H2,1H3,(H2,18,19). The lowest BCUT2D eigenvalue weighted by atomic mass is 10.1. The topological polar surface area (TPSA) is 61.8 Å².